The summed E-state index contributed by atoms with van der Waals surface area (Å²) in [7, 11) is -0.363. The Kier molecular flexibility index (Phi) is 4.19. The standard InChI is InChI=1S/C15H17BrSi/c1-2-15(17-16,13-9-5-3-6-10-13)14-11-7-4-8-12-14/h3-12H,2,17H2,1H3. The molecule has 0 radical (unpaired) electrons. The number of halogens is 1. The van der Waals surface area contributed by atoms with E-state index < -0.39 is 0 Å². The Labute approximate surface area is 113 Å². The van der Waals surface area contributed by atoms with Gasteiger partial charge in [0.1, 0.15) is 8.14 Å². The van der Waals surface area contributed by atoms with Gasteiger partial charge in [-0.2, -0.15) is 0 Å². The van der Waals surface area contributed by atoms with E-state index in [-0.39, 0.29) is 13.2 Å². The maximum absolute atomic E-state index is 3.85. The molecule has 17 heavy (non-hydrogen) atoms. The Bertz CT molecular complexity index is 407. The molecule has 0 saturated heterocycles. The summed E-state index contributed by atoms with van der Waals surface area (Å²) in [5.41, 5.74) is 2.88. The van der Waals surface area contributed by atoms with Gasteiger partial charge in [-0.25, -0.2) is 0 Å². The van der Waals surface area contributed by atoms with Crippen LogP contribution in [0.1, 0.15) is 24.5 Å². The molecule has 2 aromatic rings. The van der Waals surface area contributed by atoms with Gasteiger partial charge in [-0.05, 0) is 17.5 Å². The molecular formula is C15H17BrSi. The maximum atomic E-state index is 3.85. The van der Waals surface area contributed by atoms with E-state index in [2.05, 4.69) is 82.9 Å². The zero-order valence-corrected chi connectivity index (χ0v) is 13.1. The van der Waals surface area contributed by atoms with Crippen molar-refractivity contribution in [3.63, 3.8) is 0 Å². The predicted octanol–water partition coefficient (Wildman–Crippen LogP) is 3.82. The van der Waals surface area contributed by atoms with Crippen LogP contribution in [0.4, 0.5) is 0 Å². The lowest BCUT2D eigenvalue weighted by Gasteiger charge is -2.32. The highest BCUT2D eigenvalue weighted by Gasteiger charge is 2.31. The average molecular weight is 305 g/mol. The molecule has 0 saturated carbocycles. The normalized spacial score (nSPS) is 12.1. The second-order valence-corrected chi connectivity index (χ2v) is 7.46. The first-order valence-electron chi connectivity index (χ1n) is 6.00. The van der Waals surface area contributed by atoms with E-state index in [0.717, 1.165) is 6.42 Å². The number of rotatable bonds is 4. The van der Waals surface area contributed by atoms with Gasteiger partial charge in [0, 0.05) is 5.04 Å². The van der Waals surface area contributed by atoms with E-state index in [9.17, 15) is 0 Å². The fraction of sp³-hybridized carbons (Fsp3) is 0.200. The van der Waals surface area contributed by atoms with Crippen LogP contribution < -0.4 is 0 Å². The molecule has 0 spiro atoms. The Morgan fingerprint density at radius 2 is 1.29 bits per heavy atom. The van der Waals surface area contributed by atoms with E-state index in [1.807, 2.05) is 0 Å². The molecule has 88 valence electrons. The van der Waals surface area contributed by atoms with Crippen molar-refractivity contribution in [2.45, 2.75) is 18.4 Å². The van der Waals surface area contributed by atoms with Crippen LogP contribution in [0.3, 0.4) is 0 Å². The van der Waals surface area contributed by atoms with Crippen LogP contribution in [-0.2, 0) is 5.04 Å². The van der Waals surface area contributed by atoms with Gasteiger partial charge in [0.2, 0.25) is 0 Å². The molecule has 0 heterocycles. The van der Waals surface area contributed by atoms with Crippen molar-refractivity contribution < 1.29 is 0 Å². The highest BCUT2D eigenvalue weighted by molar-refractivity contribution is 9.23. The van der Waals surface area contributed by atoms with Gasteiger partial charge in [0.05, 0.1) is 0 Å². The van der Waals surface area contributed by atoms with Crippen molar-refractivity contribution in [3.8, 4) is 0 Å². The molecule has 2 rings (SSSR count). The quantitative estimate of drug-likeness (QED) is 0.595. The summed E-state index contributed by atoms with van der Waals surface area (Å²) in [5, 5.41) is 0.225. The van der Waals surface area contributed by atoms with Crippen LogP contribution in [0.2, 0.25) is 0 Å². The van der Waals surface area contributed by atoms with Crippen LogP contribution in [-0.4, -0.2) is 8.14 Å². The predicted molar refractivity (Wildman–Crippen MR) is 81.4 cm³/mol. The number of hydrogen-bond acceptors (Lipinski definition) is 0. The van der Waals surface area contributed by atoms with Crippen LogP contribution in [0.5, 0.6) is 0 Å². The highest BCUT2D eigenvalue weighted by atomic mass is 79.9. The minimum Gasteiger partial charge on any atom is -0.134 e. The minimum atomic E-state index is -0.363. The van der Waals surface area contributed by atoms with Gasteiger partial charge in [-0.15, -0.1) is 15.3 Å². The molecule has 2 heteroatoms. The summed E-state index contributed by atoms with van der Waals surface area (Å²) in [6.45, 7) is 2.29. The van der Waals surface area contributed by atoms with E-state index in [1.54, 1.807) is 0 Å². The zero-order valence-electron chi connectivity index (χ0n) is 10.1. The maximum Gasteiger partial charge on any atom is 0.114 e. The van der Waals surface area contributed by atoms with Gasteiger partial charge in [-0.3, -0.25) is 0 Å². The van der Waals surface area contributed by atoms with E-state index in [1.165, 1.54) is 11.1 Å². The van der Waals surface area contributed by atoms with Gasteiger partial charge in [0.25, 0.3) is 0 Å². The molecule has 0 amide bonds. The second kappa shape index (κ2) is 5.65. The summed E-state index contributed by atoms with van der Waals surface area (Å²) in [6, 6.07) is 21.7. The fourth-order valence-electron chi connectivity index (χ4n) is 2.34. The van der Waals surface area contributed by atoms with Gasteiger partial charge in [0.15, 0.2) is 0 Å². The highest BCUT2D eigenvalue weighted by Crippen LogP contribution is 2.35. The monoisotopic (exact) mass is 304 g/mol. The van der Waals surface area contributed by atoms with Crippen LogP contribution in [0.25, 0.3) is 0 Å². The summed E-state index contributed by atoms with van der Waals surface area (Å²) >= 11 is 3.85. The Hall–Kier alpha value is -0.863. The largest absolute Gasteiger partial charge is 0.134 e. The lowest BCUT2D eigenvalue weighted by molar-refractivity contribution is 0.692. The molecule has 0 aliphatic carbocycles. The summed E-state index contributed by atoms with van der Waals surface area (Å²) < 4.78 is 0. The second-order valence-electron chi connectivity index (χ2n) is 4.30. The molecule has 0 aliphatic rings. The number of hydrogen-bond donors (Lipinski definition) is 0. The topological polar surface area (TPSA) is 0 Å². The lowest BCUT2D eigenvalue weighted by atomic mass is 9.88. The van der Waals surface area contributed by atoms with Crippen LogP contribution >= 0.6 is 15.3 Å². The summed E-state index contributed by atoms with van der Waals surface area (Å²) in [4.78, 5) is 0. The zero-order chi connectivity index (χ0) is 12.1. The Morgan fingerprint density at radius 1 is 0.882 bits per heavy atom. The first kappa shape index (κ1) is 12.6. The smallest absolute Gasteiger partial charge is 0.114 e. The Morgan fingerprint density at radius 3 is 1.59 bits per heavy atom. The molecule has 0 fully saturated rings. The van der Waals surface area contributed by atoms with Crippen molar-refractivity contribution in [3.05, 3.63) is 71.8 Å². The molecular weight excluding hydrogens is 288 g/mol. The molecule has 0 N–H and O–H groups in total. The van der Waals surface area contributed by atoms with Crippen molar-refractivity contribution in [2.24, 2.45) is 0 Å². The van der Waals surface area contributed by atoms with Gasteiger partial charge >= 0.3 is 0 Å². The fourth-order valence-corrected chi connectivity index (χ4v) is 6.44. The molecule has 0 atom stereocenters. The average Bonchev–Trinajstić information content (AvgIpc) is 2.43. The van der Waals surface area contributed by atoms with E-state index in [0.29, 0.717) is 0 Å². The molecule has 0 nitrogen and oxygen atoms in total. The van der Waals surface area contributed by atoms with Crippen molar-refractivity contribution in [1.82, 2.24) is 0 Å². The van der Waals surface area contributed by atoms with Crippen LogP contribution in [0, 0.1) is 0 Å². The molecule has 0 bridgehead atoms. The van der Waals surface area contributed by atoms with Crippen molar-refractivity contribution in [2.75, 3.05) is 0 Å². The van der Waals surface area contributed by atoms with Gasteiger partial charge in [-0.1, -0.05) is 67.6 Å². The van der Waals surface area contributed by atoms with Gasteiger partial charge < -0.3 is 0 Å². The SMILES string of the molecule is CCC([SiH2]Br)(c1ccccc1)c1ccccc1. The number of benzene rings is 2. The first-order valence-corrected chi connectivity index (χ1v) is 10.6. The molecule has 2 aromatic carbocycles. The minimum absolute atomic E-state index is 0.225. The van der Waals surface area contributed by atoms with E-state index in [4.69, 9.17) is 0 Å². The molecule has 0 aromatic heterocycles. The Balaban J connectivity index is 2.54. The molecule has 0 unspecified atom stereocenters. The third kappa shape index (κ3) is 2.38. The molecule has 0 aliphatic heterocycles. The first-order chi connectivity index (χ1) is 8.33. The van der Waals surface area contributed by atoms with Crippen LogP contribution in [0.15, 0.2) is 60.7 Å². The van der Waals surface area contributed by atoms with Crippen molar-refractivity contribution >= 4 is 23.4 Å². The third-order valence-electron chi connectivity index (χ3n) is 3.48. The lowest BCUT2D eigenvalue weighted by Crippen LogP contribution is -2.31. The third-order valence-corrected chi connectivity index (χ3v) is 8.13. The summed E-state index contributed by atoms with van der Waals surface area (Å²) in [6.07, 6.45) is 1.15. The summed E-state index contributed by atoms with van der Waals surface area (Å²) in [5.74, 6) is 0. The van der Waals surface area contributed by atoms with Crippen molar-refractivity contribution in [1.29, 1.82) is 0 Å². The van der Waals surface area contributed by atoms with E-state index >= 15 is 0 Å².